The molecule has 4 rings (SSSR count). The van der Waals surface area contributed by atoms with E-state index in [9.17, 15) is 0 Å². The van der Waals surface area contributed by atoms with Gasteiger partial charge in [-0.3, -0.25) is 0 Å². The monoisotopic (exact) mass is 337 g/mol. The summed E-state index contributed by atoms with van der Waals surface area (Å²) in [5, 5.41) is 3.73. The first-order chi connectivity index (χ1) is 12.3. The number of hydrogen-bond acceptors (Lipinski definition) is 4. The lowest BCUT2D eigenvalue weighted by Crippen LogP contribution is -2.29. The highest BCUT2D eigenvalue weighted by molar-refractivity contribution is 5.68. The maximum Gasteiger partial charge on any atom is 0.161 e. The van der Waals surface area contributed by atoms with E-state index in [0.717, 1.165) is 29.4 Å². The van der Waals surface area contributed by atoms with Crippen molar-refractivity contribution in [1.82, 2.24) is 0 Å². The highest BCUT2D eigenvalue weighted by Gasteiger charge is 2.39. The van der Waals surface area contributed by atoms with E-state index >= 15 is 0 Å². The maximum absolute atomic E-state index is 5.60. The molecule has 1 heterocycles. The Morgan fingerprint density at radius 2 is 1.72 bits per heavy atom. The first kappa shape index (κ1) is 15.9. The molecule has 1 aliphatic carbocycles. The Kier molecular flexibility index (Phi) is 4.04. The molecule has 4 heteroatoms. The zero-order valence-corrected chi connectivity index (χ0v) is 14.8. The number of rotatable bonds is 4. The van der Waals surface area contributed by atoms with Crippen LogP contribution in [-0.4, -0.2) is 21.3 Å². The number of benzene rings is 2. The Labute approximate surface area is 148 Å². The smallest absolute Gasteiger partial charge is 0.161 e. The minimum Gasteiger partial charge on any atom is -0.495 e. The minimum atomic E-state index is 0.198. The van der Waals surface area contributed by atoms with Crippen molar-refractivity contribution in [1.29, 1.82) is 0 Å². The van der Waals surface area contributed by atoms with Gasteiger partial charge in [0.2, 0.25) is 0 Å². The van der Waals surface area contributed by atoms with Crippen LogP contribution < -0.4 is 19.5 Å². The maximum atomic E-state index is 5.60. The number of para-hydroxylation sites is 1. The molecule has 0 radical (unpaired) electrons. The lowest BCUT2D eigenvalue weighted by Gasteiger charge is -2.38. The Balaban J connectivity index is 1.79. The van der Waals surface area contributed by atoms with Crippen LogP contribution in [0, 0.1) is 5.92 Å². The Morgan fingerprint density at radius 3 is 2.48 bits per heavy atom. The van der Waals surface area contributed by atoms with Crippen LogP contribution >= 0.6 is 0 Å². The van der Waals surface area contributed by atoms with Crippen molar-refractivity contribution >= 4 is 5.69 Å². The topological polar surface area (TPSA) is 39.7 Å². The lowest BCUT2D eigenvalue weighted by atomic mass is 9.77. The van der Waals surface area contributed by atoms with Crippen LogP contribution in [0.3, 0.4) is 0 Å². The average molecular weight is 337 g/mol. The van der Waals surface area contributed by atoms with E-state index in [0.29, 0.717) is 11.8 Å². The van der Waals surface area contributed by atoms with Crippen molar-refractivity contribution in [3.63, 3.8) is 0 Å². The predicted molar refractivity (Wildman–Crippen MR) is 98.9 cm³/mol. The molecule has 1 aliphatic heterocycles. The van der Waals surface area contributed by atoms with Gasteiger partial charge in [-0.1, -0.05) is 30.4 Å². The summed E-state index contributed by atoms with van der Waals surface area (Å²) in [5.74, 6) is 3.29. The fraction of sp³-hybridized carbons (Fsp3) is 0.333. The van der Waals surface area contributed by atoms with Crippen molar-refractivity contribution in [2.45, 2.75) is 18.4 Å². The predicted octanol–water partition coefficient (Wildman–Crippen LogP) is 4.54. The molecule has 2 aromatic rings. The molecular weight excluding hydrogens is 314 g/mol. The van der Waals surface area contributed by atoms with Gasteiger partial charge in [-0.25, -0.2) is 0 Å². The highest BCUT2D eigenvalue weighted by atomic mass is 16.5. The van der Waals surface area contributed by atoms with E-state index in [2.05, 4.69) is 41.7 Å². The summed E-state index contributed by atoms with van der Waals surface area (Å²) in [5.41, 5.74) is 3.61. The van der Waals surface area contributed by atoms with Crippen LogP contribution in [0.15, 0.2) is 48.6 Å². The van der Waals surface area contributed by atoms with Crippen LogP contribution in [0.2, 0.25) is 0 Å². The number of nitrogens with one attached hydrogen (secondary N) is 1. The van der Waals surface area contributed by atoms with Gasteiger partial charge >= 0.3 is 0 Å². The molecule has 0 spiro atoms. The van der Waals surface area contributed by atoms with E-state index in [1.165, 1.54) is 11.1 Å². The molecule has 0 amide bonds. The van der Waals surface area contributed by atoms with Crippen LogP contribution in [-0.2, 0) is 0 Å². The van der Waals surface area contributed by atoms with Crippen LogP contribution in [0.4, 0.5) is 5.69 Å². The quantitative estimate of drug-likeness (QED) is 0.832. The molecule has 2 aromatic carbocycles. The number of hydrogen-bond donors (Lipinski definition) is 1. The van der Waals surface area contributed by atoms with Crippen LogP contribution in [0.25, 0.3) is 0 Å². The zero-order chi connectivity index (χ0) is 17.4. The molecule has 0 bridgehead atoms. The second-order valence-electron chi connectivity index (χ2n) is 6.51. The van der Waals surface area contributed by atoms with Crippen LogP contribution in [0.5, 0.6) is 17.2 Å². The van der Waals surface area contributed by atoms with E-state index in [4.69, 9.17) is 14.2 Å². The van der Waals surface area contributed by atoms with Gasteiger partial charge in [0.1, 0.15) is 5.75 Å². The average Bonchev–Trinajstić information content (AvgIpc) is 3.16. The van der Waals surface area contributed by atoms with Crippen molar-refractivity contribution in [2.75, 3.05) is 26.6 Å². The Morgan fingerprint density at radius 1 is 0.920 bits per heavy atom. The molecule has 130 valence electrons. The summed E-state index contributed by atoms with van der Waals surface area (Å²) in [4.78, 5) is 0. The summed E-state index contributed by atoms with van der Waals surface area (Å²) in [6.45, 7) is 0. The number of fused-ring (bicyclic) bond motifs is 3. The molecule has 0 aromatic heterocycles. The molecule has 4 nitrogen and oxygen atoms in total. The van der Waals surface area contributed by atoms with Crippen molar-refractivity contribution < 1.29 is 14.2 Å². The lowest BCUT2D eigenvalue weighted by molar-refractivity contribution is 0.352. The number of ether oxygens (including phenoxy) is 3. The minimum absolute atomic E-state index is 0.198. The van der Waals surface area contributed by atoms with E-state index in [1.807, 2.05) is 12.1 Å². The van der Waals surface area contributed by atoms with E-state index < -0.39 is 0 Å². The standard InChI is InChI=1S/C21H23NO3/c1-23-17-11-10-13(12-19(17)25-3)20-15-7-4-6-14(15)16-8-5-9-18(24-2)21(16)22-20/h4-6,8-12,14-15,20,22H,7H2,1-3H3. The van der Waals surface area contributed by atoms with Gasteiger partial charge in [-0.2, -0.15) is 0 Å². The van der Waals surface area contributed by atoms with E-state index in [1.54, 1.807) is 21.3 Å². The first-order valence-corrected chi connectivity index (χ1v) is 8.59. The summed E-state index contributed by atoms with van der Waals surface area (Å²) < 4.78 is 16.5. The number of methoxy groups -OCH3 is 3. The molecule has 25 heavy (non-hydrogen) atoms. The number of allylic oxidation sites excluding steroid dienone is 2. The fourth-order valence-electron chi connectivity index (χ4n) is 4.14. The van der Waals surface area contributed by atoms with Gasteiger partial charge in [0.25, 0.3) is 0 Å². The fourth-order valence-corrected chi connectivity index (χ4v) is 4.14. The van der Waals surface area contributed by atoms with Crippen molar-refractivity contribution in [3.05, 3.63) is 59.7 Å². The second kappa shape index (κ2) is 6.36. The van der Waals surface area contributed by atoms with Crippen molar-refractivity contribution in [2.24, 2.45) is 5.92 Å². The molecule has 0 saturated heterocycles. The Hall–Kier alpha value is -2.62. The van der Waals surface area contributed by atoms with Gasteiger partial charge in [0.05, 0.1) is 33.1 Å². The van der Waals surface area contributed by atoms with Gasteiger partial charge in [-0.05, 0) is 41.7 Å². The second-order valence-corrected chi connectivity index (χ2v) is 6.51. The number of anilines is 1. The third-order valence-corrected chi connectivity index (χ3v) is 5.35. The van der Waals surface area contributed by atoms with Gasteiger partial charge in [0, 0.05) is 5.92 Å². The molecule has 1 N–H and O–H groups in total. The van der Waals surface area contributed by atoms with Gasteiger partial charge in [0.15, 0.2) is 11.5 Å². The SMILES string of the molecule is COc1ccc(C2Nc3c(OC)cccc3C3C=CCC32)cc1OC. The highest BCUT2D eigenvalue weighted by Crippen LogP contribution is 2.52. The van der Waals surface area contributed by atoms with E-state index in [-0.39, 0.29) is 6.04 Å². The zero-order valence-electron chi connectivity index (χ0n) is 14.8. The largest absolute Gasteiger partial charge is 0.495 e. The third-order valence-electron chi connectivity index (χ3n) is 5.35. The van der Waals surface area contributed by atoms with Gasteiger partial charge < -0.3 is 19.5 Å². The summed E-state index contributed by atoms with van der Waals surface area (Å²) >= 11 is 0. The third kappa shape index (κ3) is 2.53. The Bertz CT molecular complexity index is 815. The molecular formula is C21H23NO3. The summed E-state index contributed by atoms with van der Waals surface area (Å²) in [6.07, 6.45) is 5.68. The molecule has 3 unspecified atom stereocenters. The molecule has 0 fully saturated rings. The summed E-state index contributed by atoms with van der Waals surface area (Å²) in [6, 6.07) is 12.6. The molecule has 3 atom stereocenters. The van der Waals surface area contributed by atoms with Gasteiger partial charge in [-0.15, -0.1) is 0 Å². The normalized spacial score (nSPS) is 23.4. The van der Waals surface area contributed by atoms with Crippen molar-refractivity contribution in [3.8, 4) is 17.2 Å². The van der Waals surface area contributed by atoms with Crippen LogP contribution in [0.1, 0.15) is 29.5 Å². The molecule has 2 aliphatic rings. The molecule has 0 saturated carbocycles. The summed E-state index contributed by atoms with van der Waals surface area (Å²) in [7, 11) is 5.06. The first-order valence-electron chi connectivity index (χ1n) is 8.59.